The summed E-state index contributed by atoms with van der Waals surface area (Å²) in [6.45, 7) is 4.79. The number of nitrogens with one attached hydrogen (secondary N) is 1. The highest BCUT2D eigenvalue weighted by Gasteiger charge is 2.46. The molecule has 2 aliphatic heterocycles. The van der Waals surface area contributed by atoms with Crippen molar-refractivity contribution in [2.75, 3.05) is 33.2 Å². The third kappa shape index (κ3) is 3.31. The van der Waals surface area contributed by atoms with Gasteiger partial charge in [-0.05, 0) is 38.8 Å². The largest absolute Gasteiger partial charge is 0.481 e. The second-order valence-electron chi connectivity index (χ2n) is 6.38. The molecule has 0 aromatic carbocycles. The summed E-state index contributed by atoms with van der Waals surface area (Å²) in [5.74, 6) is -0.760. The molecule has 1 atom stereocenters. The molecule has 0 saturated carbocycles. The molecule has 0 bridgehead atoms. The van der Waals surface area contributed by atoms with Crippen molar-refractivity contribution in [2.45, 2.75) is 45.1 Å². The number of nitrogens with zero attached hydrogens (tertiary/aromatic N) is 2. The van der Waals surface area contributed by atoms with Crippen molar-refractivity contribution < 1.29 is 14.7 Å². The molecule has 2 fully saturated rings. The SMILES string of the molecule is CCCC1(C(=O)O)CCN(C(=O)N(C)C2CCNCC2)C1. The summed E-state index contributed by atoms with van der Waals surface area (Å²) in [4.78, 5) is 27.7. The van der Waals surface area contributed by atoms with E-state index in [0.29, 0.717) is 25.9 Å². The van der Waals surface area contributed by atoms with Crippen molar-refractivity contribution in [3.63, 3.8) is 0 Å². The molecule has 2 aliphatic rings. The summed E-state index contributed by atoms with van der Waals surface area (Å²) in [6, 6.07) is 0.255. The molecule has 6 heteroatoms. The van der Waals surface area contributed by atoms with Gasteiger partial charge in [0.2, 0.25) is 0 Å². The lowest BCUT2D eigenvalue weighted by atomic mass is 9.83. The number of carboxylic acids is 1. The molecule has 120 valence electrons. The highest BCUT2D eigenvalue weighted by molar-refractivity contribution is 5.79. The van der Waals surface area contributed by atoms with Gasteiger partial charge >= 0.3 is 12.0 Å². The smallest absolute Gasteiger partial charge is 0.320 e. The zero-order chi connectivity index (χ0) is 15.5. The first-order valence-corrected chi connectivity index (χ1v) is 7.96. The molecule has 2 saturated heterocycles. The Balaban J connectivity index is 1.99. The van der Waals surface area contributed by atoms with Crippen molar-refractivity contribution in [3.8, 4) is 0 Å². The second-order valence-corrected chi connectivity index (χ2v) is 6.38. The van der Waals surface area contributed by atoms with Crippen LogP contribution in [0.1, 0.15) is 39.0 Å². The van der Waals surface area contributed by atoms with Gasteiger partial charge in [-0.1, -0.05) is 13.3 Å². The average Bonchev–Trinajstić information content (AvgIpc) is 2.93. The number of amides is 2. The lowest BCUT2D eigenvalue weighted by Crippen LogP contribution is -2.49. The quantitative estimate of drug-likeness (QED) is 0.822. The van der Waals surface area contributed by atoms with Crippen LogP contribution in [0.5, 0.6) is 0 Å². The minimum absolute atomic E-state index is 0.0128. The molecule has 2 N–H and O–H groups in total. The number of urea groups is 1. The van der Waals surface area contributed by atoms with Crippen molar-refractivity contribution in [3.05, 3.63) is 0 Å². The Kier molecular flexibility index (Phi) is 5.08. The molecule has 6 nitrogen and oxygen atoms in total. The van der Waals surface area contributed by atoms with E-state index in [-0.39, 0.29) is 12.1 Å². The van der Waals surface area contributed by atoms with Gasteiger partial charge in [-0.25, -0.2) is 4.79 Å². The van der Waals surface area contributed by atoms with E-state index in [2.05, 4.69) is 5.32 Å². The van der Waals surface area contributed by atoms with E-state index in [1.54, 1.807) is 4.90 Å². The van der Waals surface area contributed by atoms with E-state index in [4.69, 9.17) is 0 Å². The van der Waals surface area contributed by atoms with Crippen LogP contribution in [0.2, 0.25) is 0 Å². The summed E-state index contributed by atoms with van der Waals surface area (Å²) in [6.07, 6.45) is 3.98. The van der Waals surface area contributed by atoms with Crippen LogP contribution in [0.4, 0.5) is 4.79 Å². The fourth-order valence-electron chi connectivity index (χ4n) is 3.57. The number of carbonyl (C=O) groups excluding carboxylic acids is 1. The van der Waals surface area contributed by atoms with E-state index < -0.39 is 11.4 Å². The molecule has 0 spiro atoms. The Morgan fingerprint density at radius 3 is 2.62 bits per heavy atom. The van der Waals surface area contributed by atoms with Gasteiger partial charge in [-0.2, -0.15) is 0 Å². The number of aliphatic carboxylic acids is 1. The summed E-state index contributed by atoms with van der Waals surface area (Å²) in [7, 11) is 1.85. The van der Waals surface area contributed by atoms with Gasteiger partial charge in [0.1, 0.15) is 0 Å². The van der Waals surface area contributed by atoms with Gasteiger partial charge in [0.05, 0.1) is 5.41 Å². The van der Waals surface area contributed by atoms with Crippen LogP contribution >= 0.6 is 0 Å². The van der Waals surface area contributed by atoms with E-state index in [1.807, 2.05) is 18.9 Å². The topological polar surface area (TPSA) is 72.9 Å². The Labute approximate surface area is 126 Å². The Hall–Kier alpha value is -1.30. The van der Waals surface area contributed by atoms with Crippen LogP contribution in [0.15, 0.2) is 0 Å². The number of carbonyl (C=O) groups is 2. The first kappa shape index (κ1) is 16.1. The normalized spacial score (nSPS) is 26.9. The first-order chi connectivity index (χ1) is 10.00. The molecule has 0 radical (unpaired) electrons. The third-order valence-corrected chi connectivity index (χ3v) is 4.96. The minimum Gasteiger partial charge on any atom is -0.481 e. The van der Waals surface area contributed by atoms with Crippen LogP contribution < -0.4 is 5.32 Å². The molecule has 0 aliphatic carbocycles. The van der Waals surface area contributed by atoms with Gasteiger partial charge in [-0.3, -0.25) is 4.79 Å². The monoisotopic (exact) mass is 297 g/mol. The Morgan fingerprint density at radius 1 is 1.38 bits per heavy atom. The zero-order valence-electron chi connectivity index (χ0n) is 13.1. The van der Waals surface area contributed by atoms with E-state index >= 15 is 0 Å². The molecule has 2 rings (SSSR count). The highest BCUT2D eigenvalue weighted by atomic mass is 16.4. The molecule has 21 heavy (non-hydrogen) atoms. The molecular formula is C15H27N3O3. The highest BCUT2D eigenvalue weighted by Crippen LogP contribution is 2.36. The Morgan fingerprint density at radius 2 is 2.05 bits per heavy atom. The predicted molar refractivity (Wildman–Crippen MR) is 80.2 cm³/mol. The number of rotatable bonds is 4. The number of hydrogen-bond donors (Lipinski definition) is 2. The number of carboxylic acid groups (broad SMARTS) is 1. The minimum atomic E-state index is -0.760. The average molecular weight is 297 g/mol. The van der Waals surface area contributed by atoms with E-state index in [1.165, 1.54) is 0 Å². The van der Waals surface area contributed by atoms with Crippen LogP contribution in [0.3, 0.4) is 0 Å². The summed E-state index contributed by atoms with van der Waals surface area (Å²) >= 11 is 0. The number of hydrogen-bond acceptors (Lipinski definition) is 3. The predicted octanol–water partition coefficient (Wildman–Crippen LogP) is 1.37. The van der Waals surface area contributed by atoms with Crippen LogP contribution in [-0.4, -0.2) is 66.2 Å². The van der Waals surface area contributed by atoms with Crippen molar-refractivity contribution >= 4 is 12.0 Å². The standard InChI is InChI=1S/C15H27N3O3/c1-3-6-15(13(19)20)7-10-18(11-15)14(21)17(2)12-4-8-16-9-5-12/h12,16H,3-11H2,1-2H3,(H,19,20). The molecular weight excluding hydrogens is 270 g/mol. The lowest BCUT2D eigenvalue weighted by molar-refractivity contribution is -0.148. The molecule has 0 aromatic heterocycles. The van der Waals surface area contributed by atoms with Gasteiger partial charge < -0.3 is 20.2 Å². The molecule has 2 heterocycles. The molecule has 1 unspecified atom stereocenters. The maximum Gasteiger partial charge on any atom is 0.320 e. The van der Waals surface area contributed by atoms with Gasteiger partial charge in [0.25, 0.3) is 0 Å². The second kappa shape index (κ2) is 6.64. The lowest BCUT2D eigenvalue weighted by Gasteiger charge is -2.34. The first-order valence-electron chi connectivity index (χ1n) is 7.96. The Bertz CT molecular complexity index is 396. The maximum atomic E-state index is 12.6. The van der Waals surface area contributed by atoms with Crippen LogP contribution in [-0.2, 0) is 4.79 Å². The van der Waals surface area contributed by atoms with Gasteiger partial charge in [0, 0.05) is 26.2 Å². The summed E-state index contributed by atoms with van der Waals surface area (Å²) in [5.41, 5.74) is -0.737. The fourth-order valence-corrected chi connectivity index (χ4v) is 3.57. The van der Waals surface area contributed by atoms with Crippen LogP contribution in [0.25, 0.3) is 0 Å². The zero-order valence-corrected chi connectivity index (χ0v) is 13.1. The van der Waals surface area contributed by atoms with Crippen molar-refractivity contribution in [1.29, 1.82) is 0 Å². The summed E-state index contributed by atoms with van der Waals surface area (Å²) in [5, 5.41) is 12.8. The van der Waals surface area contributed by atoms with Crippen molar-refractivity contribution in [1.82, 2.24) is 15.1 Å². The maximum absolute atomic E-state index is 12.6. The fraction of sp³-hybridized carbons (Fsp3) is 0.867. The molecule has 0 aromatic rings. The van der Waals surface area contributed by atoms with E-state index in [9.17, 15) is 14.7 Å². The number of likely N-dealkylation sites (tertiary alicyclic amines) is 1. The van der Waals surface area contributed by atoms with Crippen molar-refractivity contribution in [2.24, 2.45) is 5.41 Å². The van der Waals surface area contributed by atoms with Gasteiger partial charge in [0.15, 0.2) is 0 Å². The summed E-state index contributed by atoms with van der Waals surface area (Å²) < 4.78 is 0. The number of piperidine rings is 1. The molecule has 2 amide bonds. The van der Waals surface area contributed by atoms with Crippen LogP contribution in [0, 0.1) is 5.41 Å². The third-order valence-electron chi connectivity index (χ3n) is 4.96. The van der Waals surface area contributed by atoms with Gasteiger partial charge in [-0.15, -0.1) is 0 Å². The van der Waals surface area contributed by atoms with E-state index in [0.717, 1.165) is 32.4 Å².